The van der Waals surface area contributed by atoms with E-state index in [1.165, 1.54) is 12.8 Å². The van der Waals surface area contributed by atoms with Crippen molar-refractivity contribution in [1.82, 2.24) is 0 Å². The molecule has 1 aromatic carbocycles. The summed E-state index contributed by atoms with van der Waals surface area (Å²) in [6, 6.07) is 5.83. The van der Waals surface area contributed by atoms with Crippen LogP contribution in [0.4, 0.5) is 5.69 Å². The molecule has 1 fully saturated rings. The number of anilines is 1. The summed E-state index contributed by atoms with van der Waals surface area (Å²) < 4.78 is 0. The summed E-state index contributed by atoms with van der Waals surface area (Å²) in [5.41, 5.74) is 1.37. The number of rotatable bonds is 5. The number of carboxylic acids is 1. The summed E-state index contributed by atoms with van der Waals surface area (Å²) in [6.45, 7) is 6.21. The zero-order chi connectivity index (χ0) is 13.8. The van der Waals surface area contributed by atoms with Crippen LogP contribution in [0.5, 0.6) is 0 Å². The van der Waals surface area contributed by atoms with Gasteiger partial charge in [-0.15, -0.1) is 11.8 Å². The molecule has 0 radical (unpaired) electrons. The van der Waals surface area contributed by atoms with E-state index in [0.29, 0.717) is 11.5 Å². The summed E-state index contributed by atoms with van der Waals surface area (Å²) in [6.07, 6.45) is 2.34. The fourth-order valence-corrected chi connectivity index (χ4v) is 3.48. The third-order valence-electron chi connectivity index (χ3n) is 3.72. The van der Waals surface area contributed by atoms with E-state index < -0.39 is 5.97 Å². The molecule has 3 nitrogen and oxygen atoms in total. The normalized spacial score (nSPS) is 18.8. The van der Waals surface area contributed by atoms with Crippen LogP contribution in [0.25, 0.3) is 0 Å². The fourth-order valence-electron chi connectivity index (χ4n) is 2.66. The number of aromatic carboxylic acids is 1. The summed E-state index contributed by atoms with van der Waals surface area (Å²) in [7, 11) is 0. The van der Waals surface area contributed by atoms with Crippen molar-refractivity contribution in [3.8, 4) is 0 Å². The highest BCUT2D eigenvalue weighted by Crippen LogP contribution is 2.34. The molecule has 1 aliphatic heterocycles. The van der Waals surface area contributed by atoms with Gasteiger partial charge in [0.05, 0.1) is 11.3 Å². The van der Waals surface area contributed by atoms with Crippen LogP contribution in [0.3, 0.4) is 0 Å². The van der Waals surface area contributed by atoms with Crippen molar-refractivity contribution in [2.75, 3.05) is 23.7 Å². The second-order valence-electron chi connectivity index (χ2n) is 4.90. The first kappa shape index (κ1) is 14.3. The topological polar surface area (TPSA) is 40.5 Å². The van der Waals surface area contributed by atoms with E-state index in [-0.39, 0.29) is 0 Å². The fraction of sp³-hybridized carbons (Fsp3) is 0.533. The van der Waals surface area contributed by atoms with E-state index in [9.17, 15) is 9.90 Å². The third-order valence-corrected chi connectivity index (χ3v) is 4.66. The van der Waals surface area contributed by atoms with E-state index in [0.717, 1.165) is 29.4 Å². The monoisotopic (exact) mass is 279 g/mol. The van der Waals surface area contributed by atoms with Gasteiger partial charge in [-0.3, -0.25) is 0 Å². The lowest BCUT2D eigenvalue weighted by Gasteiger charge is -2.22. The zero-order valence-electron chi connectivity index (χ0n) is 11.6. The standard InChI is InChI=1S/C15H21NO2S/c1-3-11-8-9-16(10-11)12-6-5-7-13(19-4-2)14(12)15(17)18/h5-7,11H,3-4,8-10H2,1-2H3,(H,17,18). The van der Waals surface area contributed by atoms with Gasteiger partial charge in [0.2, 0.25) is 0 Å². The molecule has 1 unspecified atom stereocenters. The van der Waals surface area contributed by atoms with Crippen LogP contribution in [-0.2, 0) is 0 Å². The van der Waals surface area contributed by atoms with Gasteiger partial charge in [0, 0.05) is 18.0 Å². The highest BCUT2D eigenvalue weighted by atomic mass is 32.2. The van der Waals surface area contributed by atoms with Gasteiger partial charge >= 0.3 is 5.97 Å². The van der Waals surface area contributed by atoms with Gasteiger partial charge in [0.25, 0.3) is 0 Å². The number of thioether (sulfide) groups is 1. The minimum atomic E-state index is -0.813. The molecule has 1 aromatic rings. The lowest BCUT2D eigenvalue weighted by Crippen LogP contribution is -2.22. The zero-order valence-corrected chi connectivity index (χ0v) is 12.4. The van der Waals surface area contributed by atoms with E-state index in [2.05, 4.69) is 11.8 Å². The molecule has 0 saturated carbocycles. The summed E-state index contributed by atoms with van der Waals surface area (Å²) in [4.78, 5) is 14.7. The maximum Gasteiger partial charge on any atom is 0.338 e. The number of carboxylic acid groups (broad SMARTS) is 1. The molecule has 0 bridgehead atoms. The molecule has 1 saturated heterocycles. The molecule has 2 rings (SSSR count). The van der Waals surface area contributed by atoms with Crippen LogP contribution >= 0.6 is 11.8 Å². The smallest absolute Gasteiger partial charge is 0.338 e. The Morgan fingerprint density at radius 3 is 2.84 bits per heavy atom. The van der Waals surface area contributed by atoms with Crippen LogP contribution in [0.2, 0.25) is 0 Å². The highest BCUT2D eigenvalue weighted by Gasteiger charge is 2.26. The van der Waals surface area contributed by atoms with Gasteiger partial charge < -0.3 is 10.0 Å². The first-order valence-corrected chi connectivity index (χ1v) is 7.90. The summed E-state index contributed by atoms with van der Waals surface area (Å²) in [5.74, 6) is 0.775. The number of nitrogens with zero attached hydrogens (tertiary/aromatic N) is 1. The Labute approximate surface area is 119 Å². The largest absolute Gasteiger partial charge is 0.478 e. The Hall–Kier alpha value is -1.16. The third kappa shape index (κ3) is 3.06. The molecule has 1 heterocycles. The quantitative estimate of drug-likeness (QED) is 0.834. The van der Waals surface area contributed by atoms with Gasteiger partial charge in [-0.25, -0.2) is 4.79 Å². The second-order valence-corrected chi connectivity index (χ2v) is 6.20. The molecule has 1 atom stereocenters. The maximum absolute atomic E-state index is 11.6. The lowest BCUT2D eigenvalue weighted by molar-refractivity contribution is 0.0694. The second kappa shape index (κ2) is 6.33. The highest BCUT2D eigenvalue weighted by molar-refractivity contribution is 7.99. The van der Waals surface area contributed by atoms with Crippen molar-refractivity contribution in [1.29, 1.82) is 0 Å². The first-order chi connectivity index (χ1) is 9.17. The van der Waals surface area contributed by atoms with Crippen molar-refractivity contribution in [2.24, 2.45) is 5.92 Å². The molecular formula is C15H21NO2S. The van der Waals surface area contributed by atoms with E-state index >= 15 is 0 Å². The number of hydrogen-bond acceptors (Lipinski definition) is 3. The van der Waals surface area contributed by atoms with Crippen molar-refractivity contribution >= 4 is 23.4 Å². The van der Waals surface area contributed by atoms with Gasteiger partial charge in [0.1, 0.15) is 0 Å². The number of benzene rings is 1. The van der Waals surface area contributed by atoms with Crippen LogP contribution < -0.4 is 4.90 Å². The number of hydrogen-bond donors (Lipinski definition) is 1. The Morgan fingerprint density at radius 1 is 1.47 bits per heavy atom. The molecule has 0 amide bonds. The molecule has 104 valence electrons. The van der Waals surface area contributed by atoms with Crippen LogP contribution in [0, 0.1) is 5.92 Å². The summed E-state index contributed by atoms with van der Waals surface area (Å²) >= 11 is 1.60. The summed E-state index contributed by atoms with van der Waals surface area (Å²) in [5, 5.41) is 9.52. The molecule has 19 heavy (non-hydrogen) atoms. The predicted molar refractivity (Wildman–Crippen MR) is 80.4 cm³/mol. The van der Waals surface area contributed by atoms with Gasteiger partial charge in [-0.05, 0) is 30.2 Å². The van der Waals surface area contributed by atoms with E-state index in [1.54, 1.807) is 11.8 Å². The van der Waals surface area contributed by atoms with Gasteiger partial charge in [-0.2, -0.15) is 0 Å². The molecule has 1 N–H and O–H groups in total. The van der Waals surface area contributed by atoms with Crippen LogP contribution in [0.1, 0.15) is 37.0 Å². The Bertz CT molecular complexity index is 461. The van der Waals surface area contributed by atoms with Crippen LogP contribution in [0.15, 0.2) is 23.1 Å². The van der Waals surface area contributed by atoms with Crippen molar-refractivity contribution in [3.63, 3.8) is 0 Å². The van der Waals surface area contributed by atoms with E-state index in [4.69, 9.17) is 0 Å². The molecule has 0 aliphatic carbocycles. The van der Waals surface area contributed by atoms with Crippen molar-refractivity contribution in [2.45, 2.75) is 31.6 Å². The SMILES string of the molecule is CCSc1cccc(N2CCC(CC)C2)c1C(=O)O. The average molecular weight is 279 g/mol. The lowest BCUT2D eigenvalue weighted by atomic mass is 10.1. The van der Waals surface area contributed by atoms with E-state index in [1.807, 2.05) is 25.1 Å². The average Bonchev–Trinajstić information content (AvgIpc) is 2.87. The van der Waals surface area contributed by atoms with Gasteiger partial charge in [-0.1, -0.05) is 26.3 Å². The molecule has 0 spiro atoms. The van der Waals surface area contributed by atoms with Crippen molar-refractivity contribution < 1.29 is 9.90 Å². The number of carbonyl (C=O) groups is 1. The minimum Gasteiger partial charge on any atom is -0.478 e. The predicted octanol–water partition coefficient (Wildman–Crippen LogP) is 3.73. The van der Waals surface area contributed by atoms with Crippen molar-refractivity contribution in [3.05, 3.63) is 23.8 Å². The molecular weight excluding hydrogens is 258 g/mol. The maximum atomic E-state index is 11.6. The molecule has 4 heteroatoms. The van der Waals surface area contributed by atoms with Crippen LogP contribution in [-0.4, -0.2) is 29.9 Å². The van der Waals surface area contributed by atoms with Gasteiger partial charge in [0.15, 0.2) is 0 Å². The Kier molecular flexibility index (Phi) is 4.75. The molecule has 1 aliphatic rings. The molecule has 0 aromatic heterocycles. The Balaban J connectivity index is 2.34. The Morgan fingerprint density at radius 2 is 2.26 bits per heavy atom. The minimum absolute atomic E-state index is 0.478. The first-order valence-electron chi connectivity index (χ1n) is 6.91.